The van der Waals surface area contributed by atoms with Crippen LogP contribution in [-0.4, -0.2) is 17.1 Å². The SMILES string of the molecule is Cc1ccc(Cl)c([CH-]c2ccccc2C(=O)O)c1Cl.[CH2-]C1CCC([NH-])CC1.[Pt]. The van der Waals surface area contributed by atoms with E-state index in [1.165, 1.54) is 12.8 Å². The average molecular weight is 600 g/mol. The Morgan fingerprint density at radius 1 is 1.14 bits per heavy atom. The minimum atomic E-state index is -0.980. The van der Waals surface area contributed by atoms with Crippen molar-refractivity contribution in [2.45, 2.75) is 38.6 Å². The number of aryl methyl sites for hydroxylation is 1. The first kappa shape index (κ1) is 25.0. The molecule has 0 aromatic heterocycles. The summed E-state index contributed by atoms with van der Waals surface area (Å²) < 4.78 is 0. The molecule has 0 heterocycles. The van der Waals surface area contributed by atoms with Crippen LogP contribution in [0.5, 0.6) is 0 Å². The van der Waals surface area contributed by atoms with E-state index in [0.29, 0.717) is 27.1 Å². The molecule has 0 atom stereocenters. The molecule has 0 bridgehead atoms. The van der Waals surface area contributed by atoms with Crippen molar-refractivity contribution < 1.29 is 31.0 Å². The number of rotatable bonds is 3. The molecule has 1 aliphatic carbocycles. The molecule has 1 aliphatic rings. The van der Waals surface area contributed by atoms with Gasteiger partial charge in [0.1, 0.15) is 0 Å². The van der Waals surface area contributed by atoms with E-state index in [2.05, 4.69) is 6.92 Å². The molecule has 2 aromatic rings. The van der Waals surface area contributed by atoms with Crippen LogP contribution in [0, 0.1) is 26.2 Å². The molecule has 1 saturated carbocycles. The molecule has 3 nitrogen and oxygen atoms in total. The summed E-state index contributed by atoms with van der Waals surface area (Å²) in [6, 6.07) is 10.5. The number of hydrogen-bond donors (Lipinski definition) is 1. The van der Waals surface area contributed by atoms with E-state index in [9.17, 15) is 4.79 Å². The monoisotopic (exact) mass is 599 g/mol. The maximum absolute atomic E-state index is 11.2. The number of halogens is 2. The molecule has 28 heavy (non-hydrogen) atoms. The van der Waals surface area contributed by atoms with Crippen molar-refractivity contribution in [3.63, 3.8) is 0 Å². The van der Waals surface area contributed by atoms with E-state index in [1.807, 2.05) is 13.0 Å². The smallest absolute Gasteiger partial charge is 0.301 e. The van der Waals surface area contributed by atoms with Gasteiger partial charge in [0, 0.05) is 26.6 Å². The number of carboxylic acid groups (broad SMARTS) is 1. The molecule has 2 N–H and O–H groups in total. The van der Waals surface area contributed by atoms with Gasteiger partial charge in [0.2, 0.25) is 0 Å². The van der Waals surface area contributed by atoms with Gasteiger partial charge in [-0.2, -0.15) is 5.92 Å². The summed E-state index contributed by atoms with van der Waals surface area (Å²) in [5, 5.41) is 10.2. The third-order valence-electron chi connectivity index (χ3n) is 4.66. The summed E-state index contributed by atoms with van der Waals surface area (Å²) in [6.45, 7) is 5.82. The maximum Gasteiger partial charge on any atom is 0.301 e. The van der Waals surface area contributed by atoms with Crippen molar-refractivity contribution in [3.8, 4) is 0 Å². The third-order valence-corrected chi connectivity index (χ3v) is 5.49. The summed E-state index contributed by atoms with van der Waals surface area (Å²) in [5.41, 5.74) is 9.66. The fraction of sp³-hybridized carbons (Fsp3) is 0.318. The summed E-state index contributed by atoms with van der Waals surface area (Å²) in [6.07, 6.45) is 6.20. The molecule has 0 amide bonds. The Hall–Kier alpha value is -0.992. The molecule has 1 fully saturated rings. The number of hydrogen-bond acceptors (Lipinski definition) is 1. The number of aromatic carboxylic acids is 1. The zero-order valence-corrected chi connectivity index (χ0v) is 19.4. The van der Waals surface area contributed by atoms with Crippen LogP contribution in [0.15, 0.2) is 36.4 Å². The molecule has 0 unspecified atom stereocenters. The fourth-order valence-electron chi connectivity index (χ4n) is 2.95. The van der Waals surface area contributed by atoms with E-state index in [4.69, 9.17) is 34.0 Å². The van der Waals surface area contributed by atoms with Gasteiger partial charge >= 0.3 is 5.97 Å². The Bertz CT molecular complexity index is 780. The molecule has 0 saturated heterocycles. The van der Waals surface area contributed by atoms with Crippen LogP contribution in [0.2, 0.25) is 10.0 Å². The molecule has 6 heteroatoms. The first-order chi connectivity index (χ1) is 12.8. The van der Waals surface area contributed by atoms with Crippen LogP contribution in [0.25, 0.3) is 5.73 Å². The Labute approximate surface area is 191 Å². The summed E-state index contributed by atoms with van der Waals surface area (Å²) >= 11 is 12.3. The number of carbonyl (C=O) groups is 1. The van der Waals surface area contributed by atoms with Gasteiger partial charge in [-0.1, -0.05) is 67.1 Å². The normalized spacial score (nSPS) is 18.3. The van der Waals surface area contributed by atoms with Crippen LogP contribution >= 0.6 is 23.2 Å². The molecule has 0 spiro atoms. The van der Waals surface area contributed by atoms with Crippen LogP contribution < -0.4 is 0 Å². The topological polar surface area (TPSA) is 61.1 Å². The van der Waals surface area contributed by atoms with E-state index >= 15 is 0 Å². The van der Waals surface area contributed by atoms with Crippen molar-refractivity contribution in [2.75, 3.05) is 0 Å². The van der Waals surface area contributed by atoms with Gasteiger partial charge in [0.15, 0.2) is 0 Å². The minimum absolute atomic E-state index is 0. The Morgan fingerprint density at radius 3 is 2.32 bits per heavy atom. The zero-order valence-electron chi connectivity index (χ0n) is 15.7. The maximum atomic E-state index is 11.2. The number of carboxylic acids is 1. The summed E-state index contributed by atoms with van der Waals surface area (Å²) in [7, 11) is 0. The Kier molecular flexibility index (Phi) is 10.6. The number of benzene rings is 2. The standard InChI is InChI=1S/C15H11Cl2O2.C7H13N.Pt/c1-9-6-7-13(16)12(14(9)17)8-10-4-2-3-5-11(10)15(18)19;1-6-2-4-7(8)5-3-6;/h2-8H,1H3,(H,18,19);6-8H,1-5H2;/q-1;-2;. The summed E-state index contributed by atoms with van der Waals surface area (Å²) in [5.74, 6) is -0.330. The van der Waals surface area contributed by atoms with E-state index in [1.54, 1.807) is 36.8 Å². The number of nitrogens with one attached hydrogen (secondary N) is 1. The Balaban J connectivity index is 0.000000367. The molecule has 2 aromatic carbocycles. The Morgan fingerprint density at radius 2 is 1.75 bits per heavy atom. The fourth-order valence-corrected chi connectivity index (χ4v) is 3.43. The molecular weight excluding hydrogens is 576 g/mol. The van der Waals surface area contributed by atoms with Crippen molar-refractivity contribution >= 4 is 29.2 Å². The van der Waals surface area contributed by atoms with E-state index < -0.39 is 5.97 Å². The largest absolute Gasteiger partial charge is 0.675 e. The quantitative estimate of drug-likeness (QED) is 0.385. The third kappa shape index (κ3) is 7.12. The van der Waals surface area contributed by atoms with E-state index in [0.717, 1.165) is 18.4 Å². The summed E-state index contributed by atoms with van der Waals surface area (Å²) in [4.78, 5) is 11.2. The van der Waals surface area contributed by atoms with Gasteiger partial charge in [-0.05, 0) is 17.0 Å². The van der Waals surface area contributed by atoms with Crippen molar-refractivity contribution in [2.24, 2.45) is 5.92 Å². The van der Waals surface area contributed by atoms with Gasteiger partial charge < -0.3 is 17.8 Å². The van der Waals surface area contributed by atoms with Crippen molar-refractivity contribution in [1.29, 1.82) is 0 Å². The van der Waals surface area contributed by atoms with Crippen LogP contribution in [0.1, 0.15) is 52.7 Å². The van der Waals surface area contributed by atoms with Crippen LogP contribution in [-0.2, 0) is 21.1 Å². The van der Waals surface area contributed by atoms with Gasteiger partial charge in [0.25, 0.3) is 0 Å². The first-order valence-electron chi connectivity index (χ1n) is 8.95. The molecule has 0 radical (unpaired) electrons. The van der Waals surface area contributed by atoms with Gasteiger partial charge in [0.05, 0.1) is 0 Å². The predicted octanol–water partition coefficient (Wildman–Crippen LogP) is 7.03. The van der Waals surface area contributed by atoms with Crippen LogP contribution in [0.3, 0.4) is 0 Å². The van der Waals surface area contributed by atoms with Gasteiger partial charge in [-0.15, -0.1) is 47.3 Å². The van der Waals surface area contributed by atoms with Crippen LogP contribution in [0.4, 0.5) is 0 Å². The van der Waals surface area contributed by atoms with E-state index in [-0.39, 0.29) is 32.7 Å². The predicted molar refractivity (Wildman–Crippen MR) is 113 cm³/mol. The van der Waals surface area contributed by atoms with Gasteiger partial charge in [-0.3, -0.25) is 4.79 Å². The second kappa shape index (κ2) is 11.9. The minimum Gasteiger partial charge on any atom is -0.675 e. The second-order valence-corrected chi connectivity index (χ2v) is 7.63. The molecule has 156 valence electrons. The average Bonchev–Trinajstić information content (AvgIpc) is 2.65. The second-order valence-electron chi connectivity index (χ2n) is 6.85. The van der Waals surface area contributed by atoms with Crippen molar-refractivity contribution in [1.82, 2.24) is 0 Å². The zero-order chi connectivity index (χ0) is 20.0. The molecular formula is C22H24Cl2NO2Pt-3. The molecule has 3 rings (SSSR count). The first-order valence-corrected chi connectivity index (χ1v) is 9.71. The molecule has 0 aliphatic heterocycles. The van der Waals surface area contributed by atoms with Crippen molar-refractivity contribution in [3.05, 3.63) is 87.8 Å². The van der Waals surface area contributed by atoms with Gasteiger partial charge in [-0.25, -0.2) is 0 Å².